The highest BCUT2D eigenvalue weighted by atomic mass is 16.5. The van der Waals surface area contributed by atoms with Gasteiger partial charge in [0.2, 0.25) is 5.91 Å². The highest BCUT2D eigenvalue weighted by Crippen LogP contribution is 2.32. The van der Waals surface area contributed by atoms with Crippen molar-refractivity contribution < 1.29 is 14.3 Å². The number of pyridine rings is 1. The predicted octanol–water partition coefficient (Wildman–Crippen LogP) is 2.86. The third kappa shape index (κ3) is 3.75. The van der Waals surface area contributed by atoms with Gasteiger partial charge in [-0.1, -0.05) is 6.92 Å². The molecule has 0 saturated heterocycles. The van der Waals surface area contributed by atoms with Crippen LogP contribution >= 0.6 is 0 Å². The predicted molar refractivity (Wildman–Crippen MR) is 93.7 cm³/mol. The number of carbonyl (C=O) groups excluding carboxylic acids is 2. The molecule has 7 heteroatoms. The van der Waals surface area contributed by atoms with Crippen molar-refractivity contribution in [3.63, 3.8) is 0 Å². The summed E-state index contributed by atoms with van der Waals surface area (Å²) in [5.41, 5.74) is 1.73. The number of nitriles is 1. The Balaban J connectivity index is 2.62. The number of benzene rings is 1. The van der Waals surface area contributed by atoms with Gasteiger partial charge in [-0.3, -0.25) is 9.69 Å². The van der Waals surface area contributed by atoms with Gasteiger partial charge in [-0.05, 0) is 30.3 Å². The molecule has 128 valence electrons. The van der Waals surface area contributed by atoms with Crippen molar-refractivity contribution in [2.24, 2.45) is 0 Å². The molecular formula is C18H18N4O3. The van der Waals surface area contributed by atoms with E-state index in [0.717, 1.165) is 0 Å². The Hall–Kier alpha value is -3.40. The van der Waals surface area contributed by atoms with E-state index in [2.05, 4.69) is 10.3 Å². The Kier molecular flexibility index (Phi) is 5.69. The van der Waals surface area contributed by atoms with Crippen LogP contribution in [0.5, 0.6) is 0 Å². The Morgan fingerprint density at radius 3 is 2.52 bits per heavy atom. The van der Waals surface area contributed by atoms with Gasteiger partial charge < -0.3 is 10.1 Å². The molecular weight excluding hydrogens is 320 g/mol. The second-order valence-corrected chi connectivity index (χ2v) is 5.07. The first-order valence-electron chi connectivity index (χ1n) is 7.64. The van der Waals surface area contributed by atoms with Gasteiger partial charge in [-0.2, -0.15) is 5.26 Å². The lowest BCUT2D eigenvalue weighted by Gasteiger charge is -2.24. The fourth-order valence-corrected chi connectivity index (χ4v) is 2.31. The maximum atomic E-state index is 12.6. The van der Waals surface area contributed by atoms with E-state index in [1.807, 2.05) is 6.07 Å². The number of ether oxygens (including phenoxy) is 1. The van der Waals surface area contributed by atoms with Crippen molar-refractivity contribution in [1.29, 1.82) is 5.26 Å². The van der Waals surface area contributed by atoms with Crippen LogP contribution in [0.3, 0.4) is 0 Å². The van der Waals surface area contributed by atoms with Gasteiger partial charge in [0.15, 0.2) is 0 Å². The van der Waals surface area contributed by atoms with Gasteiger partial charge >= 0.3 is 5.97 Å². The molecule has 1 heterocycles. The van der Waals surface area contributed by atoms with Crippen LogP contribution in [0.25, 0.3) is 0 Å². The molecule has 2 aromatic rings. The summed E-state index contributed by atoms with van der Waals surface area (Å²) in [7, 11) is 2.96. The van der Waals surface area contributed by atoms with Crippen molar-refractivity contribution in [3.8, 4) is 6.07 Å². The highest BCUT2D eigenvalue weighted by Gasteiger charge is 2.22. The third-order valence-corrected chi connectivity index (χ3v) is 3.57. The van der Waals surface area contributed by atoms with E-state index in [-0.39, 0.29) is 17.9 Å². The molecule has 2 rings (SSSR count). The van der Waals surface area contributed by atoms with Gasteiger partial charge in [0.1, 0.15) is 5.82 Å². The second kappa shape index (κ2) is 7.93. The van der Waals surface area contributed by atoms with E-state index in [0.29, 0.717) is 22.8 Å². The number of hydrogen-bond donors (Lipinski definition) is 1. The number of amides is 1. The molecule has 0 radical (unpaired) electrons. The number of nitrogens with zero attached hydrogens (tertiary/aromatic N) is 3. The molecule has 1 amide bonds. The maximum absolute atomic E-state index is 12.6. The molecule has 0 atom stereocenters. The number of rotatable bonds is 5. The van der Waals surface area contributed by atoms with Crippen LogP contribution in [0.2, 0.25) is 0 Å². The van der Waals surface area contributed by atoms with Gasteiger partial charge in [-0.15, -0.1) is 0 Å². The summed E-state index contributed by atoms with van der Waals surface area (Å²) >= 11 is 0. The van der Waals surface area contributed by atoms with Gasteiger partial charge in [0.25, 0.3) is 0 Å². The molecule has 1 aromatic heterocycles. The molecule has 0 saturated carbocycles. The lowest BCUT2D eigenvalue weighted by molar-refractivity contribution is -0.117. The molecule has 0 aliphatic carbocycles. The van der Waals surface area contributed by atoms with Crippen LogP contribution in [0.4, 0.5) is 17.2 Å². The summed E-state index contributed by atoms with van der Waals surface area (Å²) in [5, 5.41) is 11.9. The van der Waals surface area contributed by atoms with E-state index in [1.54, 1.807) is 44.3 Å². The first-order valence-corrected chi connectivity index (χ1v) is 7.64. The SMILES string of the molecule is CCC(=O)N(c1ccc(C#N)cc1)c1cc(C(=O)OC)cnc1NC. The van der Waals surface area contributed by atoms with E-state index in [4.69, 9.17) is 10.00 Å². The summed E-state index contributed by atoms with van der Waals surface area (Å²) < 4.78 is 4.73. The van der Waals surface area contributed by atoms with E-state index >= 15 is 0 Å². The molecule has 0 fully saturated rings. The van der Waals surface area contributed by atoms with Gasteiger partial charge in [-0.25, -0.2) is 9.78 Å². The maximum Gasteiger partial charge on any atom is 0.339 e. The number of nitrogens with one attached hydrogen (secondary N) is 1. The Morgan fingerprint density at radius 1 is 1.32 bits per heavy atom. The fourth-order valence-electron chi connectivity index (χ4n) is 2.31. The van der Waals surface area contributed by atoms with Gasteiger partial charge in [0, 0.05) is 25.4 Å². The lowest BCUT2D eigenvalue weighted by Crippen LogP contribution is -2.26. The summed E-state index contributed by atoms with van der Waals surface area (Å²) in [6.45, 7) is 1.75. The van der Waals surface area contributed by atoms with E-state index in [9.17, 15) is 9.59 Å². The van der Waals surface area contributed by atoms with Gasteiger partial charge in [0.05, 0.1) is 30.0 Å². The number of esters is 1. The first kappa shape index (κ1) is 17.9. The standard InChI is InChI=1S/C18H18N4O3/c1-4-16(23)22(14-7-5-12(10-19)6-8-14)15-9-13(18(24)25-3)11-21-17(15)20-2/h5-9,11H,4H2,1-3H3,(H,20,21). The second-order valence-electron chi connectivity index (χ2n) is 5.07. The molecule has 0 unspecified atom stereocenters. The van der Waals surface area contributed by atoms with E-state index in [1.165, 1.54) is 18.2 Å². The average Bonchev–Trinajstić information content (AvgIpc) is 2.67. The zero-order valence-corrected chi connectivity index (χ0v) is 14.2. The van der Waals surface area contributed by atoms with Crippen molar-refractivity contribution in [1.82, 2.24) is 4.98 Å². The molecule has 7 nitrogen and oxygen atoms in total. The minimum atomic E-state index is -0.542. The van der Waals surface area contributed by atoms with E-state index < -0.39 is 5.97 Å². The van der Waals surface area contributed by atoms with Crippen LogP contribution in [-0.2, 0) is 9.53 Å². The molecule has 1 N–H and O–H groups in total. The summed E-state index contributed by atoms with van der Waals surface area (Å²) in [6, 6.07) is 10.2. The minimum absolute atomic E-state index is 0.176. The molecule has 0 spiro atoms. The van der Waals surface area contributed by atoms with Crippen LogP contribution < -0.4 is 10.2 Å². The van der Waals surface area contributed by atoms with Crippen molar-refractivity contribution in [2.45, 2.75) is 13.3 Å². The number of methoxy groups -OCH3 is 1. The number of hydrogen-bond acceptors (Lipinski definition) is 6. The minimum Gasteiger partial charge on any atom is -0.465 e. The third-order valence-electron chi connectivity index (χ3n) is 3.57. The summed E-state index contributed by atoms with van der Waals surface area (Å²) in [5.74, 6) is -0.274. The number of anilines is 3. The first-order chi connectivity index (χ1) is 12.0. The van der Waals surface area contributed by atoms with Crippen LogP contribution in [0.1, 0.15) is 29.3 Å². The normalized spacial score (nSPS) is 9.84. The summed E-state index contributed by atoms with van der Waals surface area (Å²) in [6.07, 6.45) is 1.64. The topological polar surface area (TPSA) is 95.3 Å². The van der Waals surface area contributed by atoms with Crippen LogP contribution in [-0.4, -0.2) is 31.0 Å². The Labute approximate surface area is 145 Å². The zero-order valence-electron chi connectivity index (χ0n) is 14.2. The molecule has 1 aromatic carbocycles. The quantitative estimate of drug-likeness (QED) is 0.842. The van der Waals surface area contributed by atoms with Crippen LogP contribution in [0.15, 0.2) is 36.5 Å². The monoisotopic (exact) mass is 338 g/mol. The van der Waals surface area contributed by atoms with Crippen LogP contribution in [0, 0.1) is 11.3 Å². The smallest absolute Gasteiger partial charge is 0.339 e. The fraction of sp³-hybridized carbons (Fsp3) is 0.222. The number of aromatic nitrogens is 1. The average molecular weight is 338 g/mol. The zero-order chi connectivity index (χ0) is 18.4. The van der Waals surface area contributed by atoms with Crippen molar-refractivity contribution in [3.05, 3.63) is 47.7 Å². The highest BCUT2D eigenvalue weighted by molar-refractivity contribution is 6.04. The Morgan fingerprint density at radius 2 is 2.00 bits per heavy atom. The summed E-state index contributed by atoms with van der Waals surface area (Å²) in [4.78, 5) is 30.1. The molecule has 25 heavy (non-hydrogen) atoms. The lowest BCUT2D eigenvalue weighted by atomic mass is 10.1. The molecule has 0 aliphatic heterocycles. The Bertz CT molecular complexity index is 825. The largest absolute Gasteiger partial charge is 0.465 e. The molecule has 0 aliphatic rings. The molecule has 0 bridgehead atoms. The number of carbonyl (C=O) groups is 2. The van der Waals surface area contributed by atoms with Crippen molar-refractivity contribution >= 4 is 29.1 Å². The van der Waals surface area contributed by atoms with Crippen molar-refractivity contribution in [2.75, 3.05) is 24.4 Å².